The molecule has 5 nitrogen and oxygen atoms in total. The van der Waals surface area contributed by atoms with Gasteiger partial charge >= 0.3 is 6.09 Å². The van der Waals surface area contributed by atoms with Crippen molar-refractivity contribution in [3.05, 3.63) is 23.2 Å². The van der Waals surface area contributed by atoms with E-state index in [9.17, 15) is 4.79 Å². The predicted molar refractivity (Wildman–Crippen MR) is 62.5 cm³/mol. The van der Waals surface area contributed by atoms with Crippen LogP contribution in [0.5, 0.6) is 0 Å². The van der Waals surface area contributed by atoms with Crippen LogP contribution in [-0.2, 0) is 0 Å². The molecular weight excluding hydrogens is 230 g/mol. The van der Waals surface area contributed by atoms with E-state index in [2.05, 4.69) is 5.10 Å². The molecule has 84 valence electrons. The van der Waals surface area contributed by atoms with E-state index < -0.39 is 6.09 Å². The van der Waals surface area contributed by atoms with Crippen LogP contribution in [0.1, 0.15) is 0 Å². The van der Waals surface area contributed by atoms with Crippen molar-refractivity contribution in [2.24, 2.45) is 0 Å². The van der Waals surface area contributed by atoms with Gasteiger partial charge in [-0.3, -0.25) is 0 Å². The largest absolute Gasteiger partial charge is 0.463 e. The molecule has 0 aliphatic heterocycles. The molecule has 1 heterocycles. The van der Waals surface area contributed by atoms with E-state index in [4.69, 9.17) is 16.7 Å². The van der Waals surface area contributed by atoms with Gasteiger partial charge in [-0.1, -0.05) is 11.6 Å². The minimum atomic E-state index is -1.11. The van der Waals surface area contributed by atoms with Gasteiger partial charge in [-0.15, -0.1) is 5.10 Å². The van der Waals surface area contributed by atoms with E-state index in [0.717, 1.165) is 10.1 Å². The fourth-order valence-electron chi connectivity index (χ4n) is 1.55. The second-order valence-corrected chi connectivity index (χ2v) is 4.01. The van der Waals surface area contributed by atoms with E-state index in [1.165, 1.54) is 0 Å². The Balaban J connectivity index is 2.81. The SMILES string of the molecule is CN(C)c1nn(C(=O)O)c2ccc(Cl)cc12. The van der Waals surface area contributed by atoms with Crippen LogP contribution in [0.4, 0.5) is 10.6 Å². The fraction of sp³-hybridized carbons (Fsp3) is 0.200. The second kappa shape index (κ2) is 3.68. The molecule has 1 N–H and O–H groups in total. The molecule has 0 aliphatic rings. The lowest BCUT2D eigenvalue weighted by molar-refractivity contribution is 0.194. The first-order valence-corrected chi connectivity index (χ1v) is 4.97. The number of carboxylic acid groups (broad SMARTS) is 1. The Morgan fingerprint density at radius 1 is 1.50 bits per heavy atom. The van der Waals surface area contributed by atoms with Crippen LogP contribution in [0.2, 0.25) is 5.02 Å². The summed E-state index contributed by atoms with van der Waals surface area (Å²) in [4.78, 5) is 12.7. The van der Waals surface area contributed by atoms with Crippen molar-refractivity contribution in [1.82, 2.24) is 9.78 Å². The summed E-state index contributed by atoms with van der Waals surface area (Å²) in [5.41, 5.74) is 0.528. The van der Waals surface area contributed by atoms with Crippen LogP contribution < -0.4 is 4.90 Å². The van der Waals surface area contributed by atoms with Gasteiger partial charge in [0.2, 0.25) is 0 Å². The Hall–Kier alpha value is -1.75. The Morgan fingerprint density at radius 3 is 2.75 bits per heavy atom. The number of hydrogen-bond acceptors (Lipinski definition) is 3. The first-order chi connectivity index (χ1) is 7.50. The third kappa shape index (κ3) is 1.59. The molecule has 2 aromatic rings. The molecule has 0 amide bonds. The van der Waals surface area contributed by atoms with Crippen molar-refractivity contribution >= 4 is 34.4 Å². The summed E-state index contributed by atoms with van der Waals surface area (Å²) < 4.78 is 0.945. The average molecular weight is 240 g/mol. The van der Waals surface area contributed by atoms with Gasteiger partial charge in [0.1, 0.15) is 0 Å². The van der Waals surface area contributed by atoms with Gasteiger partial charge in [-0.2, -0.15) is 4.68 Å². The van der Waals surface area contributed by atoms with Crippen molar-refractivity contribution in [3.8, 4) is 0 Å². The van der Waals surface area contributed by atoms with Crippen LogP contribution in [-0.4, -0.2) is 35.1 Å². The van der Waals surface area contributed by atoms with Crippen molar-refractivity contribution in [2.45, 2.75) is 0 Å². The number of anilines is 1. The monoisotopic (exact) mass is 239 g/mol. The number of aromatic nitrogens is 2. The molecule has 6 heteroatoms. The highest BCUT2D eigenvalue weighted by Gasteiger charge is 2.15. The third-order valence-corrected chi connectivity index (χ3v) is 2.46. The summed E-state index contributed by atoms with van der Waals surface area (Å²) in [6.07, 6.45) is -1.11. The minimum absolute atomic E-state index is 0.528. The van der Waals surface area contributed by atoms with Gasteiger partial charge in [0.15, 0.2) is 5.82 Å². The molecule has 0 radical (unpaired) electrons. The molecule has 0 bridgehead atoms. The number of benzene rings is 1. The molecule has 0 saturated carbocycles. The maximum atomic E-state index is 11.0. The summed E-state index contributed by atoms with van der Waals surface area (Å²) >= 11 is 5.88. The average Bonchev–Trinajstić information content (AvgIpc) is 2.56. The normalized spacial score (nSPS) is 10.7. The maximum Gasteiger partial charge on any atom is 0.432 e. The lowest BCUT2D eigenvalue weighted by Crippen LogP contribution is -2.13. The van der Waals surface area contributed by atoms with Gasteiger partial charge in [0.25, 0.3) is 0 Å². The molecule has 0 unspecified atom stereocenters. The summed E-state index contributed by atoms with van der Waals surface area (Å²) in [6.45, 7) is 0. The number of fused-ring (bicyclic) bond motifs is 1. The topological polar surface area (TPSA) is 58.4 Å². The number of nitrogens with zero attached hydrogens (tertiary/aromatic N) is 3. The van der Waals surface area contributed by atoms with Gasteiger partial charge in [-0.25, -0.2) is 4.79 Å². The van der Waals surface area contributed by atoms with Gasteiger partial charge < -0.3 is 10.0 Å². The number of carbonyl (C=O) groups is 1. The maximum absolute atomic E-state index is 11.0. The van der Waals surface area contributed by atoms with Crippen molar-refractivity contribution in [3.63, 3.8) is 0 Å². The highest BCUT2D eigenvalue weighted by atomic mass is 35.5. The van der Waals surface area contributed by atoms with E-state index in [1.54, 1.807) is 37.2 Å². The molecule has 1 aromatic carbocycles. The molecule has 0 saturated heterocycles. The van der Waals surface area contributed by atoms with E-state index in [0.29, 0.717) is 16.4 Å². The highest BCUT2D eigenvalue weighted by Crippen LogP contribution is 2.27. The summed E-state index contributed by atoms with van der Waals surface area (Å²) in [7, 11) is 3.60. The lowest BCUT2D eigenvalue weighted by atomic mass is 10.2. The molecule has 0 spiro atoms. The van der Waals surface area contributed by atoms with E-state index >= 15 is 0 Å². The molecule has 16 heavy (non-hydrogen) atoms. The van der Waals surface area contributed by atoms with Crippen LogP contribution in [0, 0.1) is 0 Å². The molecule has 0 atom stereocenters. The van der Waals surface area contributed by atoms with Crippen molar-refractivity contribution < 1.29 is 9.90 Å². The second-order valence-electron chi connectivity index (χ2n) is 3.57. The minimum Gasteiger partial charge on any atom is -0.463 e. The molecule has 0 aliphatic carbocycles. The Kier molecular flexibility index (Phi) is 2.47. The number of halogens is 1. The summed E-state index contributed by atoms with van der Waals surface area (Å²) in [6, 6.07) is 4.99. The van der Waals surface area contributed by atoms with Gasteiger partial charge in [0.05, 0.1) is 5.52 Å². The zero-order valence-electron chi connectivity index (χ0n) is 8.81. The Labute approximate surface area is 96.8 Å². The van der Waals surface area contributed by atoms with E-state index in [-0.39, 0.29) is 0 Å². The third-order valence-electron chi connectivity index (χ3n) is 2.23. The number of rotatable bonds is 1. The zero-order chi connectivity index (χ0) is 11.9. The smallest absolute Gasteiger partial charge is 0.432 e. The lowest BCUT2D eigenvalue weighted by Gasteiger charge is -2.07. The number of hydrogen-bond donors (Lipinski definition) is 1. The standard InChI is InChI=1S/C10H10ClN3O2/c1-13(2)9-7-5-6(11)3-4-8(7)14(12-9)10(15)16/h3-5H,1-2H3,(H,15,16). The van der Waals surface area contributed by atoms with Crippen LogP contribution in [0.3, 0.4) is 0 Å². The van der Waals surface area contributed by atoms with Crippen LogP contribution in [0.15, 0.2) is 18.2 Å². The Bertz CT molecular complexity index is 562. The molecule has 0 fully saturated rings. The van der Waals surface area contributed by atoms with Gasteiger partial charge in [0, 0.05) is 24.5 Å². The summed E-state index contributed by atoms with van der Waals surface area (Å²) in [5, 5.41) is 14.3. The Morgan fingerprint density at radius 2 is 2.19 bits per heavy atom. The molecular formula is C10H10ClN3O2. The van der Waals surface area contributed by atoms with Crippen molar-refractivity contribution in [2.75, 3.05) is 19.0 Å². The fourth-order valence-corrected chi connectivity index (χ4v) is 1.72. The molecule has 1 aromatic heterocycles. The van der Waals surface area contributed by atoms with Gasteiger partial charge in [-0.05, 0) is 18.2 Å². The van der Waals surface area contributed by atoms with Crippen molar-refractivity contribution in [1.29, 1.82) is 0 Å². The van der Waals surface area contributed by atoms with Crippen LogP contribution in [0.25, 0.3) is 10.9 Å². The first-order valence-electron chi connectivity index (χ1n) is 4.59. The quantitative estimate of drug-likeness (QED) is 0.830. The highest BCUT2D eigenvalue weighted by molar-refractivity contribution is 6.31. The zero-order valence-corrected chi connectivity index (χ0v) is 9.56. The van der Waals surface area contributed by atoms with Crippen LogP contribution >= 0.6 is 11.6 Å². The predicted octanol–water partition coefficient (Wildman–Crippen LogP) is 2.28. The summed E-state index contributed by atoms with van der Waals surface area (Å²) in [5.74, 6) is 0.583. The van der Waals surface area contributed by atoms with E-state index in [1.807, 2.05) is 0 Å². The first kappa shape index (κ1) is 10.8. The molecule has 2 rings (SSSR count).